The smallest absolute Gasteiger partial charge is 0.370 e. The molecule has 4 heteroatoms. The highest BCUT2D eigenvalue weighted by Crippen LogP contribution is 2.01. The van der Waals surface area contributed by atoms with Crippen molar-refractivity contribution < 1.29 is 19.8 Å². The molecule has 0 saturated heterocycles. The first-order chi connectivity index (χ1) is 7.61. The van der Waals surface area contributed by atoms with Gasteiger partial charge in [0.2, 0.25) is 5.76 Å². The van der Waals surface area contributed by atoms with E-state index in [2.05, 4.69) is 0 Å². The van der Waals surface area contributed by atoms with Gasteiger partial charge in [0.05, 0.1) is 0 Å². The van der Waals surface area contributed by atoms with Crippen molar-refractivity contribution in [3.05, 3.63) is 59.9 Å². The zero-order valence-electron chi connectivity index (χ0n) is 8.33. The first-order valence-electron chi connectivity index (χ1n) is 4.51. The molecular formula is C12H10O4. The number of aliphatic hydroxyl groups is 1. The Hall–Kier alpha value is -2.36. The Balaban J connectivity index is 2.70. The van der Waals surface area contributed by atoms with Crippen LogP contribution >= 0.6 is 0 Å². The number of aliphatic hydroxyl groups excluding tert-OH is 1. The summed E-state index contributed by atoms with van der Waals surface area (Å²) >= 11 is 0. The summed E-state index contributed by atoms with van der Waals surface area (Å²) in [5, 5.41) is 17.1. The molecule has 0 unspecified atom stereocenters. The van der Waals surface area contributed by atoms with Crippen LogP contribution in [-0.4, -0.2) is 22.0 Å². The van der Waals surface area contributed by atoms with E-state index < -0.39 is 11.7 Å². The summed E-state index contributed by atoms with van der Waals surface area (Å²) in [6, 6.07) is 8.54. The molecule has 0 spiro atoms. The van der Waals surface area contributed by atoms with Crippen LogP contribution in [0.2, 0.25) is 0 Å². The van der Waals surface area contributed by atoms with Gasteiger partial charge in [-0.15, -0.1) is 0 Å². The van der Waals surface area contributed by atoms with Crippen molar-refractivity contribution in [3.63, 3.8) is 0 Å². The minimum Gasteiger partial charge on any atom is -0.502 e. The number of hydrogen-bond acceptors (Lipinski definition) is 3. The third kappa shape index (κ3) is 3.42. The first-order valence-corrected chi connectivity index (χ1v) is 4.51. The van der Waals surface area contributed by atoms with Gasteiger partial charge in [0.1, 0.15) is 0 Å². The van der Waals surface area contributed by atoms with Crippen molar-refractivity contribution in [1.82, 2.24) is 0 Å². The zero-order valence-corrected chi connectivity index (χ0v) is 8.33. The Morgan fingerprint density at radius 1 is 1.06 bits per heavy atom. The van der Waals surface area contributed by atoms with Crippen LogP contribution in [0.1, 0.15) is 10.4 Å². The van der Waals surface area contributed by atoms with Gasteiger partial charge in [0.25, 0.3) is 0 Å². The van der Waals surface area contributed by atoms with Crippen molar-refractivity contribution in [3.8, 4) is 0 Å². The summed E-state index contributed by atoms with van der Waals surface area (Å²) < 4.78 is 0. The highest BCUT2D eigenvalue weighted by molar-refractivity contribution is 6.04. The number of hydrogen-bond donors (Lipinski definition) is 2. The van der Waals surface area contributed by atoms with Crippen molar-refractivity contribution in [2.45, 2.75) is 0 Å². The highest BCUT2D eigenvalue weighted by Gasteiger charge is 2.01. The molecule has 2 N–H and O–H groups in total. The number of carbonyl (C=O) groups excluding carboxylic acids is 1. The SMILES string of the molecule is O=C(O)/C(O)=C\C=C/C(=O)c1ccccc1. The Morgan fingerprint density at radius 3 is 2.25 bits per heavy atom. The average molecular weight is 218 g/mol. The predicted octanol–water partition coefficient (Wildman–Crippen LogP) is 1.95. The van der Waals surface area contributed by atoms with E-state index in [9.17, 15) is 9.59 Å². The molecule has 0 saturated carbocycles. The van der Waals surface area contributed by atoms with E-state index >= 15 is 0 Å². The second kappa shape index (κ2) is 5.50. The number of aliphatic carboxylic acids is 1. The second-order valence-corrected chi connectivity index (χ2v) is 2.95. The summed E-state index contributed by atoms with van der Waals surface area (Å²) in [6.45, 7) is 0. The number of carboxylic acids is 1. The first kappa shape index (κ1) is 11.7. The van der Waals surface area contributed by atoms with E-state index in [4.69, 9.17) is 10.2 Å². The number of rotatable bonds is 4. The molecule has 1 aromatic rings. The second-order valence-electron chi connectivity index (χ2n) is 2.95. The molecule has 0 atom stereocenters. The largest absolute Gasteiger partial charge is 0.502 e. The standard InChI is InChI=1S/C12H10O4/c13-10(9-5-2-1-3-6-9)7-4-8-11(14)12(15)16/h1-8,14H,(H,15,16)/b7-4-,11-8+. The highest BCUT2D eigenvalue weighted by atomic mass is 16.4. The number of ketones is 1. The number of allylic oxidation sites excluding steroid dienone is 3. The van der Waals surface area contributed by atoms with E-state index in [1.807, 2.05) is 0 Å². The van der Waals surface area contributed by atoms with E-state index in [1.54, 1.807) is 30.3 Å². The quantitative estimate of drug-likeness (QED) is 0.350. The Labute approximate surface area is 92.2 Å². The van der Waals surface area contributed by atoms with Gasteiger partial charge < -0.3 is 10.2 Å². The fourth-order valence-corrected chi connectivity index (χ4v) is 0.997. The summed E-state index contributed by atoms with van der Waals surface area (Å²) in [4.78, 5) is 21.7. The molecule has 1 rings (SSSR count). The van der Waals surface area contributed by atoms with Crippen LogP contribution in [0.5, 0.6) is 0 Å². The van der Waals surface area contributed by atoms with Gasteiger partial charge in [-0.05, 0) is 12.2 Å². The molecule has 0 radical (unpaired) electrons. The van der Waals surface area contributed by atoms with Gasteiger partial charge in [0.15, 0.2) is 5.78 Å². The van der Waals surface area contributed by atoms with Crippen LogP contribution in [0.15, 0.2) is 54.3 Å². The lowest BCUT2D eigenvalue weighted by atomic mass is 10.1. The van der Waals surface area contributed by atoms with Crippen molar-refractivity contribution in [2.75, 3.05) is 0 Å². The lowest BCUT2D eigenvalue weighted by Gasteiger charge is -1.92. The molecule has 0 aromatic heterocycles. The Kier molecular flexibility index (Phi) is 4.03. The van der Waals surface area contributed by atoms with Crippen LogP contribution in [0.3, 0.4) is 0 Å². The fourth-order valence-electron chi connectivity index (χ4n) is 0.997. The van der Waals surface area contributed by atoms with E-state index in [-0.39, 0.29) is 5.78 Å². The summed E-state index contributed by atoms with van der Waals surface area (Å²) in [7, 11) is 0. The molecule has 82 valence electrons. The maximum atomic E-state index is 11.5. The third-order valence-electron chi connectivity index (χ3n) is 1.78. The van der Waals surface area contributed by atoms with Crippen molar-refractivity contribution in [1.29, 1.82) is 0 Å². The van der Waals surface area contributed by atoms with Crippen LogP contribution < -0.4 is 0 Å². The normalized spacial score (nSPS) is 11.6. The monoisotopic (exact) mass is 218 g/mol. The Bertz CT molecular complexity index is 443. The topological polar surface area (TPSA) is 74.6 Å². The molecule has 0 bridgehead atoms. The molecule has 0 aliphatic rings. The maximum absolute atomic E-state index is 11.5. The minimum atomic E-state index is -1.43. The molecule has 0 aliphatic heterocycles. The average Bonchev–Trinajstić information content (AvgIpc) is 2.29. The van der Waals surface area contributed by atoms with Gasteiger partial charge in [-0.3, -0.25) is 4.79 Å². The molecule has 1 aromatic carbocycles. The van der Waals surface area contributed by atoms with E-state index in [1.165, 1.54) is 12.2 Å². The number of carboxylic acid groups (broad SMARTS) is 1. The van der Waals surface area contributed by atoms with E-state index in [0.29, 0.717) is 5.56 Å². The number of carbonyl (C=O) groups is 2. The summed E-state index contributed by atoms with van der Waals surface area (Å²) in [5.74, 6) is -2.50. The third-order valence-corrected chi connectivity index (χ3v) is 1.78. The summed E-state index contributed by atoms with van der Waals surface area (Å²) in [5.41, 5.74) is 0.502. The molecule has 16 heavy (non-hydrogen) atoms. The van der Waals surface area contributed by atoms with E-state index in [0.717, 1.165) is 6.08 Å². The molecule has 0 aliphatic carbocycles. The lowest BCUT2D eigenvalue weighted by molar-refractivity contribution is -0.135. The van der Waals surface area contributed by atoms with Crippen LogP contribution in [0, 0.1) is 0 Å². The minimum absolute atomic E-state index is 0.255. The molecule has 0 heterocycles. The molecular weight excluding hydrogens is 208 g/mol. The number of benzene rings is 1. The van der Waals surface area contributed by atoms with Crippen LogP contribution in [0.4, 0.5) is 0 Å². The molecule has 4 nitrogen and oxygen atoms in total. The van der Waals surface area contributed by atoms with Crippen molar-refractivity contribution in [2.24, 2.45) is 0 Å². The van der Waals surface area contributed by atoms with Crippen LogP contribution in [0.25, 0.3) is 0 Å². The lowest BCUT2D eigenvalue weighted by Crippen LogP contribution is -1.98. The predicted molar refractivity (Wildman–Crippen MR) is 58.3 cm³/mol. The molecule has 0 amide bonds. The van der Waals surface area contributed by atoms with Gasteiger partial charge >= 0.3 is 5.97 Å². The molecule has 0 fully saturated rings. The Morgan fingerprint density at radius 2 is 1.69 bits per heavy atom. The van der Waals surface area contributed by atoms with Gasteiger partial charge in [-0.1, -0.05) is 36.4 Å². The van der Waals surface area contributed by atoms with Crippen molar-refractivity contribution >= 4 is 11.8 Å². The zero-order chi connectivity index (χ0) is 12.0. The van der Waals surface area contributed by atoms with Gasteiger partial charge in [-0.25, -0.2) is 4.79 Å². The summed E-state index contributed by atoms with van der Waals surface area (Å²) in [6.07, 6.45) is 3.33. The fraction of sp³-hybridized carbons (Fsp3) is 0. The van der Waals surface area contributed by atoms with Gasteiger partial charge in [-0.2, -0.15) is 0 Å². The van der Waals surface area contributed by atoms with Crippen LogP contribution in [-0.2, 0) is 4.79 Å². The van der Waals surface area contributed by atoms with Gasteiger partial charge in [0, 0.05) is 5.56 Å². The maximum Gasteiger partial charge on any atom is 0.370 e.